The van der Waals surface area contributed by atoms with Crippen molar-refractivity contribution in [3.63, 3.8) is 0 Å². The molecule has 1 aromatic heterocycles. The molecule has 0 bridgehead atoms. The van der Waals surface area contributed by atoms with Gasteiger partial charge in [-0.05, 0) is 59.0 Å². The monoisotopic (exact) mass is 507 g/mol. The maximum atomic E-state index is 13.6. The van der Waals surface area contributed by atoms with Gasteiger partial charge in [0.1, 0.15) is 18.0 Å². The van der Waals surface area contributed by atoms with E-state index in [4.69, 9.17) is 19.3 Å². The fourth-order valence-corrected chi connectivity index (χ4v) is 4.72. The van der Waals surface area contributed by atoms with Gasteiger partial charge in [-0.25, -0.2) is 5.01 Å². The van der Waals surface area contributed by atoms with Crippen molar-refractivity contribution in [1.29, 1.82) is 0 Å². The van der Waals surface area contributed by atoms with Crippen LogP contribution in [-0.2, 0) is 9.53 Å². The maximum absolute atomic E-state index is 13.6. The number of carbonyl (C=O) groups is 2. The Labute approximate surface area is 214 Å². The third-order valence-corrected chi connectivity index (χ3v) is 6.86. The highest BCUT2D eigenvalue weighted by atomic mass is 32.1. The molecule has 3 aromatic rings. The molecule has 0 saturated carbocycles. The molecule has 8 nitrogen and oxygen atoms in total. The third-order valence-electron chi connectivity index (χ3n) is 6.00. The molecule has 2 heterocycles. The van der Waals surface area contributed by atoms with E-state index in [9.17, 15) is 9.59 Å². The van der Waals surface area contributed by atoms with Crippen LogP contribution in [-0.4, -0.2) is 68.5 Å². The van der Waals surface area contributed by atoms with Gasteiger partial charge in [-0.3, -0.25) is 9.59 Å². The maximum Gasteiger partial charge on any atom is 0.264 e. The minimum absolute atomic E-state index is 0.105. The van der Waals surface area contributed by atoms with E-state index in [0.29, 0.717) is 24.4 Å². The average Bonchev–Trinajstić information content (AvgIpc) is 3.62. The Morgan fingerprint density at radius 2 is 1.67 bits per heavy atom. The van der Waals surface area contributed by atoms with Gasteiger partial charge >= 0.3 is 0 Å². The molecule has 4 rings (SSSR count). The smallest absolute Gasteiger partial charge is 0.264 e. The summed E-state index contributed by atoms with van der Waals surface area (Å²) in [6.45, 7) is 0.522. The van der Waals surface area contributed by atoms with Gasteiger partial charge in [-0.15, -0.1) is 11.3 Å². The summed E-state index contributed by atoms with van der Waals surface area (Å²) < 4.78 is 15.8. The number of hydrogen-bond acceptors (Lipinski definition) is 7. The summed E-state index contributed by atoms with van der Waals surface area (Å²) in [5.41, 5.74) is 2.64. The molecule has 1 aliphatic heterocycles. The van der Waals surface area contributed by atoms with Crippen molar-refractivity contribution in [2.75, 3.05) is 41.0 Å². The van der Waals surface area contributed by atoms with Crippen LogP contribution in [0.15, 0.2) is 71.1 Å². The molecular formula is C27H29N3O5S. The van der Waals surface area contributed by atoms with E-state index in [0.717, 1.165) is 28.3 Å². The van der Waals surface area contributed by atoms with Crippen LogP contribution in [0.1, 0.15) is 33.3 Å². The molecule has 9 heteroatoms. The lowest BCUT2D eigenvalue weighted by Crippen LogP contribution is -2.42. The second kappa shape index (κ2) is 11.8. The number of ether oxygens (including phenoxy) is 3. The fourth-order valence-electron chi connectivity index (χ4n) is 4.03. The molecule has 2 amide bonds. The minimum Gasteiger partial charge on any atom is -0.497 e. The number of hydrogen-bond donors (Lipinski definition) is 0. The summed E-state index contributed by atoms with van der Waals surface area (Å²) >= 11 is 1.35. The van der Waals surface area contributed by atoms with E-state index in [1.165, 1.54) is 21.2 Å². The molecule has 1 atom stereocenters. The lowest BCUT2D eigenvalue weighted by atomic mass is 9.98. The Hall–Kier alpha value is -3.69. The molecule has 0 fully saturated rings. The molecule has 0 N–H and O–H groups in total. The first-order chi connectivity index (χ1) is 17.5. The van der Waals surface area contributed by atoms with E-state index in [1.807, 2.05) is 60.0 Å². The van der Waals surface area contributed by atoms with Crippen molar-refractivity contribution < 1.29 is 23.8 Å². The van der Waals surface area contributed by atoms with Crippen LogP contribution in [0.5, 0.6) is 11.5 Å². The quantitative estimate of drug-likeness (QED) is 0.410. The molecule has 0 saturated heterocycles. The summed E-state index contributed by atoms with van der Waals surface area (Å²) in [7, 11) is 4.81. The number of carbonyl (C=O) groups excluding carboxylic acids is 2. The molecular weight excluding hydrogens is 478 g/mol. The Morgan fingerprint density at radius 1 is 1.00 bits per heavy atom. The molecule has 188 valence electrons. The number of nitrogens with zero attached hydrogens (tertiary/aromatic N) is 3. The lowest BCUT2D eigenvalue weighted by molar-refractivity contribution is -0.133. The number of rotatable bonds is 10. The Morgan fingerprint density at radius 3 is 2.25 bits per heavy atom. The molecule has 0 spiro atoms. The fraction of sp³-hybridized carbons (Fsp3) is 0.296. The second-order valence-corrected chi connectivity index (χ2v) is 9.15. The van der Waals surface area contributed by atoms with E-state index in [-0.39, 0.29) is 24.4 Å². The SMILES string of the molecule is COCCN(CC(=O)N1N=C(c2ccc(OC)cc2)CC1c1ccc(OC)cc1)C(=O)c1cccs1. The highest BCUT2D eigenvalue weighted by molar-refractivity contribution is 7.12. The highest BCUT2D eigenvalue weighted by Gasteiger charge is 2.34. The van der Waals surface area contributed by atoms with Crippen LogP contribution in [0.2, 0.25) is 0 Å². The summed E-state index contributed by atoms with van der Waals surface area (Å²) in [4.78, 5) is 28.8. The van der Waals surface area contributed by atoms with E-state index in [2.05, 4.69) is 0 Å². The molecule has 0 radical (unpaired) electrons. The summed E-state index contributed by atoms with van der Waals surface area (Å²) in [6, 6.07) is 18.5. The summed E-state index contributed by atoms with van der Waals surface area (Å²) in [5.74, 6) is 1.02. The van der Waals surface area contributed by atoms with Crippen LogP contribution in [0, 0.1) is 0 Å². The zero-order chi connectivity index (χ0) is 25.5. The predicted molar refractivity (Wildman–Crippen MR) is 139 cm³/mol. The summed E-state index contributed by atoms with van der Waals surface area (Å²) in [5, 5.41) is 8.08. The van der Waals surface area contributed by atoms with E-state index < -0.39 is 0 Å². The number of amides is 2. The van der Waals surface area contributed by atoms with Crippen LogP contribution < -0.4 is 9.47 Å². The number of hydrazone groups is 1. The molecule has 36 heavy (non-hydrogen) atoms. The van der Waals surface area contributed by atoms with Crippen LogP contribution in [0.4, 0.5) is 0 Å². The summed E-state index contributed by atoms with van der Waals surface area (Å²) in [6.07, 6.45) is 0.543. The standard InChI is InChI=1S/C27H29N3O5S/c1-33-15-14-29(27(32)25-5-4-16-36-25)18-26(31)30-24(20-8-12-22(35-3)13-9-20)17-23(28-30)19-6-10-21(34-2)11-7-19/h4-13,16,24H,14-15,17-18H2,1-3H3. The van der Waals surface area contributed by atoms with Gasteiger partial charge in [-0.2, -0.15) is 5.10 Å². The van der Waals surface area contributed by atoms with Crippen LogP contribution in [0.25, 0.3) is 0 Å². The van der Waals surface area contributed by atoms with Crippen molar-refractivity contribution in [1.82, 2.24) is 9.91 Å². The first kappa shape index (κ1) is 25.4. The van der Waals surface area contributed by atoms with Crippen LogP contribution in [0.3, 0.4) is 0 Å². The number of thiophene rings is 1. The first-order valence-corrected chi connectivity index (χ1v) is 12.4. The molecule has 0 aliphatic carbocycles. The van der Waals surface area contributed by atoms with Gasteiger partial charge in [0.2, 0.25) is 0 Å². The van der Waals surface area contributed by atoms with Crippen molar-refractivity contribution in [2.45, 2.75) is 12.5 Å². The van der Waals surface area contributed by atoms with Gasteiger partial charge in [0.05, 0.1) is 37.5 Å². The average molecular weight is 508 g/mol. The van der Waals surface area contributed by atoms with Gasteiger partial charge in [0.25, 0.3) is 11.8 Å². The number of methoxy groups -OCH3 is 3. The van der Waals surface area contributed by atoms with Crippen LogP contribution >= 0.6 is 11.3 Å². The Kier molecular flexibility index (Phi) is 8.35. The normalized spacial score (nSPS) is 14.9. The van der Waals surface area contributed by atoms with Gasteiger partial charge in [-0.1, -0.05) is 18.2 Å². The number of benzene rings is 2. The molecule has 2 aromatic carbocycles. The highest BCUT2D eigenvalue weighted by Crippen LogP contribution is 2.34. The predicted octanol–water partition coefficient (Wildman–Crippen LogP) is 4.23. The van der Waals surface area contributed by atoms with Crippen molar-refractivity contribution in [3.05, 3.63) is 82.0 Å². The zero-order valence-electron chi connectivity index (χ0n) is 20.5. The Bertz CT molecular complexity index is 1190. The largest absolute Gasteiger partial charge is 0.497 e. The van der Waals surface area contributed by atoms with Crippen molar-refractivity contribution >= 4 is 28.9 Å². The first-order valence-electron chi connectivity index (χ1n) is 11.5. The third kappa shape index (κ3) is 5.75. The zero-order valence-corrected chi connectivity index (χ0v) is 21.4. The van der Waals surface area contributed by atoms with Gasteiger partial charge in [0, 0.05) is 20.1 Å². The molecule has 1 aliphatic rings. The van der Waals surface area contributed by atoms with E-state index >= 15 is 0 Å². The van der Waals surface area contributed by atoms with E-state index in [1.54, 1.807) is 27.4 Å². The lowest BCUT2D eigenvalue weighted by Gasteiger charge is -2.26. The van der Waals surface area contributed by atoms with Crippen molar-refractivity contribution in [2.24, 2.45) is 5.10 Å². The second-order valence-electron chi connectivity index (χ2n) is 8.20. The van der Waals surface area contributed by atoms with Gasteiger partial charge < -0.3 is 19.1 Å². The topological polar surface area (TPSA) is 80.7 Å². The van der Waals surface area contributed by atoms with Crippen molar-refractivity contribution in [3.8, 4) is 11.5 Å². The molecule has 1 unspecified atom stereocenters. The Balaban J connectivity index is 1.62. The minimum atomic E-state index is -0.304. The van der Waals surface area contributed by atoms with Gasteiger partial charge in [0.15, 0.2) is 0 Å².